The Morgan fingerprint density at radius 2 is 2.32 bits per heavy atom. The largest absolute Gasteiger partial charge is 0.369 e. The summed E-state index contributed by atoms with van der Waals surface area (Å²) in [5.74, 6) is 4.53. The lowest BCUT2D eigenvalue weighted by Crippen LogP contribution is -2.24. The van der Waals surface area contributed by atoms with E-state index < -0.39 is 0 Å². The standard InChI is InChI=1S/C13H19N3OS2/c1-16(2)13(17)10-3-4-12(14-7-10)15-8-11-9-18-5-6-19-11/h3-4,7,11H,5-6,8-9H2,1-2H3,(H,14,15). The Balaban J connectivity index is 1.86. The number of carbonyl (C=O) groups is 1. The number of anilines is 1. The molecule has 0 bridgehead atoms. The number of nitrogens with one attached hydrogen (secondary N) is 1. The smallest absolute Gasteiger partial charge is 0.254 e. The van der Waals surface area contributed by atoms with Crippen LogP contribution < -0.4 is 5.32 Å². The maximum absolute atomic E-state index is 11.7. The quantitative estimate of drug-likeness (QED) is 0.921. The normalized spacial score (nSPS) is 18.9. The zero-order chi connectivity index (χ0) is 13.7. The van der Waals surface area contributed by atoms with Gasteiger partial charge in [-0.3, -0.25) is 4.79 Å². The Morgan fingerprint density at radius 3 is 2.89 bits per heavy atom. The molecule has 1 aliphatic heterocycles. The van der Waals surface area contributed by atoms with Crippen LogP contribution in [-0.2, 0) is 0 Å². The highest BCUT2D eigenvalue weighted by molar-refractivity contribution is 8.06. The van der Waals surface area contributed by atoms with Crippen molar-refractivity contribution in [1.82, 2.24) is 9.88 Å². The number of aromatic nitrogens is 1. The fraction of sp³-hybridized carbons (Fsp3) is 0.538. The van der Waals surface area contributed by atoms with Gasteiger partial charge in [0.05, 0.1) is 5.56 Å². The Labute approximate surface area is 122 Å². The Bertz CT molecular complexity index is 416. The fourth-order valence-corrected chi connectivity index (χ4v) is 4.37. The molecule has 4 nitrogen and oxygen atoms in total. The van der Waals surface area contributed by atoms with Crippen molar-refractivity contribution < 1.29 is 4.79 Å². The number of carbonyl (C=O) groups excluding carboxylic acids is 1. The van der Waals surface area contributed by atoms with Gasteiger partial charge in [0, 0.05) is 49.3 Å². The SMILES string of the molecule is CN(C)C(=O)c1ccc(NCC2CSCCS2)nc1. The van der Waals surface area contributed by atoms with Crippen LogP contribution in [0.1, 0.15) is 10.4 Å². The summed E-state index contributed by atoms with van der Waals surface area (Å²) in [4.78, 5) is 17.6. The van der Waals surface area contributed by atoms with Crippen molar-refractivity contribution in [3.63, 3.8) is 0 Å². The molecule has 2 heterocycles. The molecule has 0 aromatic carbocycles. The van der Waals surface area contributed by atoms with Crippen LogP contribution >= 0.6 is 23.5 Å². The molecule has 0 spiro atoms. The second kappa shape index (κ2) is 7.05. The van der Waals surface area contributed by atoms with E-state index in [1.807, 2.05) is 35.7 Å². The van der Waals surface area contributed by atoms with Gasteiger partial charge in [-0.15, -0.1) is 0 Å². The van der Waals surface area contributed by atoms with Crippen LogP contribution in [0.5, 0.6) is 0 Å². The van der Waals surface area contributed by atoms with Crippen molar-refractivity contribution in [3.05, 3.63) is 23.9 Å². The summed E-state index contributed by atoms with van der Waals surface area (Å²) in [6.45, 7) is 0.936. The number of pyridine rings is 1. The maximum Gasteiger partial charge on any atom is 0.254 e. The number of amides is 1. The molecule has 1 amide bonds. The zero-order valence-corrected chi connectivity index (χ0v) is 12.9. The van der Waals surface area contributed by atoms with Gasteiger partial charge in [0.1, 0.15) is 5.82 Å². The van der Waals surface area contributed by atoms with E-state index in [4.69, 9.17) is 0 Å². The van der Waals surface area contributed by atoms with Gasteiger partial charge >= 0.3 is 0 Å². The number of thioether (sulfide) groups is 2. The first-order chi connectivity index (χ1) is 9.16. The second-order valence-electron chi connectivity index (χ2n) is 4.58. The molecule has 1 aromatic heterocycles. The third-order valence-electron chi connectivity index (χ3n) is 2.81. The van der Waals surface area contributed by atoms with Crippen molar-refractivity contribution in [2.75, 3.05) is 43.2 Å². The summed E-state index contributed by atoms with van der Waals surface area (Å²) < 4.78 is 0. The van der Waals surface area contributed by atoms with E-state index in [1.165, 1.54) is 17.3 Å². The van der Waals surface area contributed by atoms with Gasteiger partial charge in [-0.2, -0.15) is 23.5 Å². The number of rotatable bonds is 4. The van der Waals surface area contributed by atoms with E-state index in [0.717, 1.165) is 12.4 Å². The second-order valence-corrected chi connectivity index (χ2v) is 7.14. The minimum atomic E-state index is -0.0155. The first-order valence-electron chi connectivity index (χ1n) is 6.28. The van der Waals surface area contributed by atoms with Crippen LogP contribution in [0.3, 0.4) is 0 Å². The summed E-state index contributed by atoms with van der Waals surface area (Å²) in [5, 5.41) is 4.00. The van der Waals surface area contributed by atoms with E-state index in [-0.39, 0.29) is 5.91 Å². The molecule has 2 rings (SSSR count). The summed E-state index contributed by atoms with van der Waals surface area (Å²) >= 11 is 4.04. The monoisotopic (exact) mass is 297 g/mol. The fourth-order valence-electron chi connectivity index (χ4n) is 1.76. The van der Waals surface area contributed by atoms with Crippen molar-refractivity contribution in [3.8, 4) is 0 Å². The van der Waals surface area contributed by atoms with Crippen LogP contribution in [0.4, 0.5) is 5.82 Å². The van der Waals surface area contributed by atoms with Crippen LogP contribution in [-0.4, -0.2) is 58.9 Å². The highest BCUT2D eigenvalue weighted by Crippen LogP contribution is 2.24. The minimum absolute atomic E-state index is 0.0155. The first-order valence-corrected chi connectivity index (χ1v) is 8.48. The van der Waals surface area contributed by atoms with Gasteiger partial charge in [0.15, 0.2) is 0 Å². The molecule has 1 aliphatic rings. The van der Waals surface area contributed by atoms with Gasteiger partial charge < -0.3 is 10.2 Å². The molecule has 1 unspecified atom stereocenters. The molecule has 0 aliphatic carbocycles. The Hall–Kier alpha value is -0.880. The van der Waals surface area contributed by atoms with Gasteiger partial charge in [-0.1, -0.05) is 0 Å². The molecular formula is C13H19N3OS2. The number of hydrogen-bond acceptors (Lipinski definition) is 5. The van der Waals surface area contributed by atoms with Gasteiger partial charge in [0.25, 0.3) is 5.91 Å². The maximum atomic E-state index is 11.7. The number of hydrogen-bond donors (Lipinski definition) is 1. The third-order valence-corrected chi connectivity index (χ3v) is 5.66. The predicted molar refractivity (Wildman–Crippen MR) is 84.3 cm³/mol. The van der Waals surface area contributed by atoms with Crippen molar-refractivity contribution in [1.29, 1.82) is 0 Å². The van der Waals surface area contributed by atoms with Gasteiger partial charge in [0.2, 0.25) is 0 Å². The molecule has 1 aromatic rings. The van der Waals surface area contributed by atoms with Gasteiger partial charge in [-0.25, -0.2) is 4.98 Å². The molecule has 1 fully saturated rings. The summed E-state index contributed by atoms with van der Waals surface area (Å²) in [6, 6.07) is 3.69. The molecule has 1 saturated heterocycles. The third kappa shape index (κ3) is 4.31. The first kappa shape index (κ1) is 14.5. The van der Waals surface area contributed by atoms with E-state index in [1.54, 1.807) is 25.2 Å². The molecule has 6 heteroatoms. The van der Waals surface area contributed by atoms with Crippen LogP contribution in [0.15, 0.2) is 18.3 Å². The van der Waals surface area contributed by atoms with Gasteiger partial charge in [-0.05, 0) is 12.1 Å². The van der Waals surface area contributed by atoms with Crippen LogP contribution in [0.2, 0.25) is 0 Å². The molecule has 0 saturated carbocycles. The summed E-state index contributed by atoms with van der Waals surface area (Å²) in [7, 11) is 3.49. The molecule has 1 N–H and O–H groups in total. The topological polar surface area (TPSA) is 45.2 Å². The molecular weight excluding hydrogens is 278 g/mol. The van der Waals surface area contributed by atoms with E-state index in [9.17, 15) is 4.79 Å². The Morgan fingerprint density at radius 1 is 1.47 bits per heavy atom. The Kier molecular flexibility index (Phi) is 5.39. The highest BCUT2D eigenvalue weighted by atomic mass is 32.2. The zero-order valence-electron chi connectivity index (χ0n) is 11.3. The summed E-state index contributed by atoms with van der Waals surface area (Å²) in [6.07, 6.45) is 1.63. The van der Waals surface area contributed by atoms with Crippen LogP contribution in [0, 0.1) is 0 Å². The predicted octanol–water partition coefficient (Wildman–Crippen LogP) is 2.04. The molecule has 0 radical (unpaired) electrons. The summed E-state index contributed by atoms with van der Waals surface area (Å²) in [5.41, 5.74) is 0.623. The highest BCUT2D eigenvalue weighted by Gasteiger charge is 2.14. The molecule has 104 valence electrons. The molecule has 1 atom stereocenters. The lowest BCUT2D eigenvalue weighted by Gasteiger charge is -2.21. The lowest BCUT2D eigenvalue weighted by molar-refractivity contribution is 0.0827. The van der Waals surface area contributed by atoms with E-state index >= 15 is 0 Å². The minimum Gasteiger partial charge on any atom is -0.369 e. The van der Waals surface area contributed by atoms with E-state index in [2.05, 4.69) is 10.3 Å². The average Bonchev–Trinajstić information content (AvgIpc) is 2.46. The van der Waals surface area contributed by atoms with Crippen molar-refractivity contribution in [2.45, 2.75) is 5.25 Å². The lowest BCUT2D eigenvalue weighted by atomic mass is 10.2. The van der Waals surface area contributed by atoms with Crippen molar-refractivity contribution >= 4 is 35.2 Å². The average molecular weight is 297 g/mol. The van der Waals surface area contributed by atoms with Crippen LogP contribution in [0.25, 0.3) is 0 Å². The number of nitrogens with zero attached hydrogens (tertiary/aromatic N) is 2. The van der Waals surface area contributed by atoms with E-state index in [0.29, 0.717) is 10.8 Å². The molecule has 19 heavy (non-hydrogen) atoms. The van der Waals surface area contributed by atoms with Crippen molar-refractivity contribution in [2.24, 2.45) is 0 Å².